The first-order valence-corrected chi connectivity index (χ1v) is 8.02. The lowest BCUT2D eigenvalue weighted by molar-refractivity contribution is -0.405. The van der Waals surface area contributed by atoms with E-state index in [-0.39, 0.29) is 12.3 Å². The van der Waals surface area contributed by atoms with Gasteiger partial charge in [0.05, 0.1) is 19.3 Å². The topological polar surface area (TPSA) is 27.7 Å². The molecule has 2 aliphatic rings. The molecular formula is C16H19F7O3. The molecule has 1 saturated heterocycles. The first-order chi connectivity index (χ1) is 12.0. The molecule has 0 spiro atoms. The molecule has 1 fully saturated rings. The molecular weight excluding hydrogens is 373 g/mol. The standard InChI is InChI=1S/C16H19F7O3/c1-2-10-7-24-13(25-8-10)11-3-5-12(6-4-11)26-16(22,23)15(20,21)14(18,19)9-17/h3-5,10,12-13H,2,6-9H2,1H3. The van der Waals surface area contributed by atoms with E-state index in [2.05, 4.69) is 4.74 Å². The van der Waals surface area contributed by atoms with Gasteiger partial charge in [0.25, 0.3) is 0 Å². The molecule has 3 nitrogen and oxygen atoms in total. The molecule has 10 heteroatoms. The highest BCUT2D eigenvalue weighted by Gasteiger charge is 2.73. The van der Waals surface area contributed by atoms with Gasteiger partial charge in [-0.25, -0.2) is 4.39 Å². The number of halogens is 7. The zero-order chi connectivity index (χ0) is 19.6. The molecule has 150 valence electrons. The Kier molecular flexibility index (Phi) is 6.40. The lowest BCUT2D eigenvalue weighted by atomic mass is 10.0. The van der Waals surface area contributed by atoms with Crippen LogP contribution in [0.1, 0.15) is 19.8 Å². The Morgan fingerprint density at radius 3 is 2.19 bits per heavy atom. The van der Waals surface area contributed by atoms with Gasteiger partial charge in [0.1, 0.15) is 0 Å². The van der Waals surface area contributed by atoms with E-state index >= 15 is 0 Å². The second-order valence-corrected chi connectivity index (χ2v) is 6.16. The molecule has 0 saturated carbocycles. The Hall–Kier alpha value is -1.13. The fraction of sp³-hybridized carbons (Fsp3) is 0.750. The van der Waals surface area contributed by atoms with Crippen LogP contribution in [0.2, 0.25) is 0 Å². The first kappa shape index (κ1) is 21.2. The molecule has 1 aliphatic carbocycles. The zero-order valence-electron chi connectivity index (χ0n) is 13.9. The van der Waals surface area contributed by atoms with Gasteiger partial charge in [-0.05, 0) is 12.8 Å². The van der Waals surface area contributed by atoms with Crippen LogP contribution in [0, 0.1) is 5.92 Å². The maximum atomic E-state index is 13.5. The molecule has 1 atom stereocenters. The normalized spacial score (nSPS) is 28.2. The molecule has 1 heterocycles. The van der Waals surface area contributed by atoms with Crippen LogP contribution in [-0.2, 0) is 14.2 Å². The van der Waals surface area contributed by atoms with Crippen molar-refractivity contribution in [2.45, 2.75) is 50.1 Å². The van der Waals surface area contributed by atoms with Crippen LogP contribution < -0.4 is 0 Å². The summed E-state index contributed by atoms with van der Waals surface area (Å²) in [7, 11) is 0. The minimum atomic E-state index is -5.99. The van der Waals surface area contributed by atoms with Gasteiger partial charge in [-0.15, -0.1) is 0 Å². The highest BCUT2D eigenvalue weighted by atomic mass is 19.4. The zero-order valence-corrected chi connectivity index (χ0v) is 13.9. The van der Waals surface area contributed by atoms with E-state index in [1.54, 1.807) is 0 Å². The van der Waals surface area contributed by atoms with Gasteiger partial charge in [-0.1, -0.05) is 25.2 Å². The molecule has 0 N–H and O–H groups in total. The van der Waals surface area contributed by atoms with E-state index in [0.717, 1.165) is 12.5 Å². The summed E-state index contributed by atoms with van der Waals surface area (Å²) < 4.78 is 106. The van der Waals surface area contributed by atoms with Gasteiger partial charge in [0.2, 0.25) is 0 Å². The van der Waals surface area contributed by atoms with Gasteiger partial charge < -0.3 is 14.2 Å². The summed E-state index contributed by atoms with van der Waals surface area (Å²) in [4.78, 5) is 0. The number of alkyl halides is 7. The van der Waals surface area contributed by atoms with Crippen LogP contribution in [-0.4, -0.2) is 50.2 Å². The van der Waals surface area contributed by atoms with Crippen molar-refractivity contribution in [3.63, 3.8) is 0 Å². The van der Waals surface area contributed by atoms with E-state index in [0.29, 0.717) is 18.8 Å². The average Bonchev–Trinajstić information content (AvgIpc) is 2.62. The van der Waals surface area contributed by atoms with E-state index < -0.39 is 37.0 Å². The molecule has 0 radical (unpaired) electrons. The Morgan fingerprint density at radius 1 is 1.12 bits per heavy atom. The third-order valence-electron chi connectivity index (χ3n) is 4.20. The Bertz CT molecular complexity index is 540. The summed E-state index contributed by atoms with van der Waals surface area (Å²) in [5.41, 5.74) is 0.489. The summed E-state index contributed by atoms with van der Waals surface area (Å²) >= 11 is 0. The van der Waals surface area contributed by atoms with Crippen molar-refractivity contribution in [1.29, 1.82) is 0 Å². The van der Waals surface area contributed by atoms with Crippen LogP contribution in [0.5, 0.6) is 0 Å². The Labute approximate surface area is 145 Å². The summed E-state index contributed by atoms with van der Waals surface area (Å²) in [6.07, 6.45) is -3.57. The van der Waals surface area contributed by atoms with Gasteiger partial charge in [0.15, 0.2) is 13.0 Å². The third-order valence-corrected chi connectivity index (χ3v) is 4.20. The van der Waals surface area contributed by atoms with Gasteiger partial charge in [-0.2, -0.15) is 26.3 Å². The molecule has 0 aromatic carbocycles. The minimum absolute atomic E-state index is 0.244. The largest absolute Gasteiger partial charge is 0.426 e. The third kappa shape index (κ3) is 4.23. The predicted molar refractivity (Wildman–Crippen MR) is 77.0 cm³/mol. The number of hydrogen-bond acceptors (Lipinski definition) is 3. The van der Waals surface area contributed by atoms with Crippen LogP contribution >= 0.6 is 0 Å². The lowest BCUT2D eigenvalue weighted by Gasteiger charge is -2.34. The molecule has 26 heavy (non-hydrogen) atoms. The summed E-state index contributed by atoms with van der Waals surface area (Å²) in [5, 5.41) is 0. The maximum absolute atomic E-state index is 13.5. The van der Waals surface area contributed by atoms with E-state index in [1.807, 2.05) is 6.92 Å². The smallest absolute Gasteiger partial charge is 0.348 e. The van der Waals surface area contributed by atoms with E-state index in [4.69, 9.17) is 9.47 Å². The second-order valence-electron chi connectivity index (χ2n) is 6.16. The van der Waals surface area contributed by atoms with Crippen LogP contribution in [0.25, 0.3) is 0 Å². The van der Waals surface area contributed by atoms with Crippen molar-refractivity contribution >= 4 is 0 Å². The fourth-order valence-electron chi connectivity index (χ4n) is 2.41. The van der Waals surface area contributed by atoms with Gasteiger partial charge in [-0.3, -0.25) is 0 Å². The highest BCUT2D eigenvalue weighted by Crippen LogP contribution is 2.47. The Morgan fingerprint density at radius 2 is 1.73 bits per heavy atom. The molecule has 0 amide bonds. The molecule has 1 aliphatic heterocycles. The Balaban J connectivity index is 1.96. The van der Waals surface area contributed by atoms with Gasteiger partial charge in [0, 0.05) is 11.5 Å². The highest BCUT2D eigenvalue weighted by molar-refractivity contribution is 5.27. The molecule has 0 aromatic rings. The van der Waals surface area contributed by atoms with E-state index in [1.165, 1.54) is 12.2 Å². The second kappa shape index (κ2) is 7.85. The average molecular weight is 392 g/mol. The molecule has 0 bridgehead atoms. The first-order valence-electron chi connectivity index (χ1n) is 8.02. The van der Waals surface area contributed by atoms with Gasteiger partial charge >= 0.3 is 18.0 Å². The summed E-state index contributed by atoms with van der Waals surface area (Å²) in [6, 6.07) is 0. The summed E-state index contributed by atoms with van der Waals surface area (Å²) in [5.74, 6) is -11.3. The molecule has 2 rings (SSSR count). The SMILES string of the molecule is CCC1COC(C2=CCC(OC(F)(F)C(F)(F)C(F)(F)CF)C=C2)OC1. The number of ether oxygens (including phenoxy) is 3. The molecule has 0 aromatic heterocycles. The van der Waals surface area contributed by atoms with Crippen LogP contribution in [0.15, 0.2) is 23.8 Å². The quantitative estimate of drug-likeness (QED) is 0.598. The monoisotopic (exact) mass is 392 g/mol. The van der Waals surface area contributed by atoms with Crippen molar-refractivity contribution in [3.8, 4) is 0 Å². The maximum Gasteiger partial charge on any atom is 0.426 e. The van der Waals surface area contributed by atoms with Crippen molar-refractivity contribution in [1.82, 2.24) is 0 Å². The number of rotatable bonds is 7. The van der Waals surface area contributed by atoms with Crippen LogP contribution in [0.4, 0.5) is 30.7 Å². The predicted octanol–water partition coefficient (Wildman–Crippen LogP) is 4.49. The fourth-order valence-corrected chi connectivity index (χ4v) is 2.41. The van der Waals surface area contributed by atoms with Crippen molar-refractivity contribution in [2.24, 2.45) is 5.92 Å². The lowest BCUT2D eigenvalue weighted by Crippen LogP contribution is -2.57. The van der Waals surface area contributed by atoms with Crippen LogP contribution in [0.3, 0.4) is 0 Å². The van der Waals surface area contributed by atoms with Crippen molar-refractivity contribution < 1.29 is 44.9 Å². The molecule has 1 unspecified atom stereocenters. The number of hydrogen-bond donors (Lipinski definition) is 0. The van der Waals surface area contributed by atoms with E-state index in [9.17, 15) is 30.7 Å². The summed E-state index contributed by atoms with van der Waals surface area (Å²) in [6.45, 7) is -0.0514. The van der Waals surface area contributed by atoms with Crippen molar-refractivity contribution in [3.05, 3.63) is 23.8 Å². The minimum Gasteiger partial charge on any atom is -0.348 e. The van der Waals surface area contributed by atoms with Crippen molar-refractivity contribution in [2.75, 3.05) is 19.9 Å².